The molecule has 0 unspecified atom stereocenters. The Bertz CT molecular complexity index is 661. The highest BCUT2D eigenvalue weighted by molar-refractivity contribution is 5.94. The van der Waals surface area contributed by atoms with E-state index in [2.05, 4.69) is 22.3 Å². The van der Waals surface area contributed by atoms with Gasteiger partial charge in [-0.25, -0.2) is 0 Å². The van der Waals surface area contributed by atoms with Crippen LogP contribution in [0.4, 0.5) is 5.69 Å². The fourth-order valence-corrected chi connectivity index (χ4v) is 2.76. The van der Waals surface area contributed by atoms with Crippen molar-refractivity contribution in [2.75, 3.05) is 31.2 Å². The van der Waals surface area contributed by atoms with Crippen molar-refractivity contribution in [2.45, 2.75) is 13.5 Å². The maximum Gasteiger partial charge on any atom is 0.251 e. The molecule has 1 fully saturated rings. The summed E-state index contributed by atoms with van der Waals surface area (Å²) in [6, 6.07) is 15.9. The van der Waals surface area contributed by atoms with Gasteiger partial charge in [0.05, 0.1) is 13.2 Å². The lowest BCUT2D eigenvalue weighted by Gasteiger charge is -2.30. The molecule has 120 valence electrons. The number of ether oxygens (including phenoxy) is 1. The highest BCUT2D eigenvalue weighted by Gasteiger charge is 2.15. The summed E-state index contributed by atoms with van der Waals surface area (Å²) in [5.41, 5.74) is 4.16. The van der Waals surface area contributed by atoms with Crippen LogP contribution in [0, 0.1) is 6.92 Å². The smallest absolute Gasteiger partial charge is 0.251 e. The highest BCUT2D eigenvalue weighted by Crippen LogP contribution is 2.21. The van der Waals surface area contributed by atoms with Gasteiger partial charge in [0.15, 0.2) is 0 Å². The van der Waals surface area contributed by atoms with Gasteiger partial charge < -0.3 is 15.0 Å². The molecule has 0 radical (unpaired) electrons. The molecule has 4 nitrogen and oxygen atoms in total. The molecule has 1 amide bonds. The third-order valence-corrected chi connectivity index (χ3v) is 4.10. The van der Waals surface area contributed by atoms with Gasteiger partial charge in [-0.3, -0.25) is 4.79 Å². The summed E-state index contributed by atoms with van der Waals surface area (Å²) in [5.74, 6) is -0.0400. The van der Waals surface area contributed by atoms with Crippen molar-refractivity contribution < 1.29 is 9.53 Å². The van der Waals surface area contributed by atoms with E-state index in [9.17, 15) is 4.79 Å². The first-order chi connectivity index (χ1) is 11.2. The van der Waals surface area contributed by atoms with Gasteiger partial charge in [0.25, 0.3) is 5.91 Å². The standard InChI is InChI=1S/C19H22N2O2/c1-15-6-8-16(9-7-15)19(22)20-14-17-4-2-3-5-18(17)21-10-12-23-13-11-21/h2-9H,10-14H2,1H3,(H,20,22). The second-order valence-corrected chi connectivity index (χ2v) is 5.78. The summed E-state index contributed by atoms with van der Waals surface area (Å²) in [6.45, 7) is 5.83. The Balaban J connectivity index is 1.68. The van der Waals surface area contributed by atoms with Crippen LogP contribution in [0.2, 0.25) is 0 Å². The first-order valence-corrected chi connectivity index (χ1v) is 7.99. The third kappa shape index (κ3) is 3.90. The Morgan fingerprint density at radius 3 is 2.52 bits per heavy atom. The number of hydrogen-bond donors (Lipinski definition) is 1. The monoisotopic (exact) mass is 310 g/mol. The molecule has 0 bridgehead atoms. The zero-order valence-electron chi connectivity index (χ0n) is 13.4. The number of nitrogens with zero attached hydrogens (tertiary/aromatic N) is 1. The van der Waals surface area contributed by atoms with Gasteiger partial charge >= 0.3 is 0 Å². The second-order valence-electron chi connectivity index (χ2n) is 5.78. The maximum absolute atomic E-state index is 12.3. The quantitative estimate of drug-likeness (QED) is 0.944. The molecule has 1 aliphatic heterocycles. The first-order valence-electron chi connectivity index (χ1n) is 7.99. The molecule has 0 atom stereocenters. The molecule has 0 saturated carbocycles. The summed E-state index contributed by atoms with van der Waals surface area (Å²) in [4.78, 5) is 14.6. The van der Waals surface area contributed by atoms with Crippen molar-refractivity contribution in [3.05, 3.63) is 65.2 Å². The van der Waals surface area contributed by atoms with E-state index in [0.29, 0.717) is 12.1 Å². The predicted molar refractivity (Wildman–Crippen MR) is 91.8 cm³/mol. The molecule has 4 heteroatoms. The molecule has 23 heavy (non-hydrogen) atoms. The Hall–Kier alpha value is -2.33. The van der Waals surface area contributed by atoms with E-state index in [4.69, 9.17) is 4.74 Å². The minimum absolute atomic E-state index is 0.0400. The SMILES string of the molecule is Cc1ccc(C(=O)NCc2ccccc2N2CCOCC2)cc1. The number of hydrogen-bond acceptors (Lipinski definition) is 3. The maximum atomic E-state index is 12.3. The molecule has 3 rings (SSSR count). The Kier molecular flexibility index (Phi) is 4.93. The van der Waals surface area contributed by atoms with E-state index in [0.717, 1.165) is 37.4 Å². The largest absolute Gasteiger partial charge is 0.378 e. The number of aryl methyl sites for hydroxylation is 1. The first kappa shape index (κ1) is 15.6. The molecule has 0 aromatic heterocycles. The van der Waals surface area contributed by atoms with Crippen LogP contribution < -0.4 is 10.2 Å². The third-order valence-electron chi connectivity index (χ3n) is 4.10. The van der Waals surface area contributed by atoms with Crippen LogP contribution in [0.1, 0.15) is 21.5 Å². The van der Waals surface area contributed by atoms with Gasteiger partial charge in [-0.1, -0.05) is 35.9 Å². The highest BCUT2D eigenvalue weighted by atomic mass is 16.5. The second kappa shape index (κ2) is 7.29. The minimum atomic E-state index is -0.0400. The number of anilines is 1. The molecule has 1 aliphatic rings. The van der Waals surface area contributed by atoms with Gasteiger partial charge in [-0.15, -0.1) is 0 Å². The predicted octanol–water partition coefficient (Wildman–Crippen LogP) is 2.76. The summed E-state index contributed by atoms with van der Waals surface area (Å²) in [7, 11) is 0. The van der Waals surface area contributed by atoms with Gasteiger partial charge in [0.1, 0.15) is 0 Å². The van der Waals surface area contributed by atoms with Crippen molar-refractivity contribution in [1.82, 2.24) is 5.32 Å². The average Bonchev–Trinajstić information content (AvgIpc) is 2.61. The fraction of sp³-hybridized carbons (Fsp3) is 0.316. The zero-order chi connectivity index (χ0) is 16.1. The number of morpholine rings is 1. The van der Waals surface area contributed by atoms with Gasteiger partial charge in [0.2, 0.25) is 0 Å². The molecule has 2 aromatic rings. The molecule has 2 aromatic carbocycles. The number of para-hydroxylation sites is 1. The molecular formula is C19H22N2O2. The van der Waals surface area contributed by atoms with Crippen LogP contribution in [-0.2, 0) is 11.3 Å². The van der Waals surface area contributed by atoms with Gasteiger partial charge in [-0.05, 0) is 30.7 Å². The Labute approximate surface area is 137 Å². The lowest BCUT2D eigenvalue weighted by Crippen LogP contribution is -2.37. The Morgan fingerprint density at radius 1 is 1.09 bits per heavy atom. The number of rotatable bonds is 4. The lowest BCUT2D eigenvalue weighted by molar-refractivity contribution is 0.0950. The summed E-state index contributed by atoms with van der Waals surface area (Å²) in [6.07, 6.45) is 0. The number of carbonyl (C=O) groups excluding carboxylic acids is 1. The summed E-state index contributed by atoms with van der Waals surface area (Å²) < 4.78 is 5.42. The van der Waals surface area contributed by atoms with E-state index < -0.39 is 0 Å². The van der Waals surface area contributed by atoms with E-state index in [1.54, 1.807) is 0 Å². The van der Waals surface area contributed by atoms with Crippen molar-refractivity contribution in [3.8, 4) is 0 Å². The van der Waals surface area contributed by atoms with Gasteiger partial charge in [-0.2, -0.15) is 0 Å². The molecule has 0 aliphatic carbocycles. The normalized spacial score (nSPS) is 14.6. The molecule has 1 N–H and O–H groups in total. The lowest BCUT2D eigenvalue weighted by atomic mass is 10.1. The van der Waals surface area contributed by atoms with Gasteiger partial charge in [0, 0.05) is 30.9 Å². The van der Waals surface area contributed by atoms with E-state index in [-0.39, 0.29) is 5.91 Å². The van der Waals surface area contributed by atoms with Crippen LogP contribution in [-0.4, -0.2) is 32.2 Å². The van der Waals surface area contributed by atoms with Crippen LogP contribution in [0.15, 0.2) is 48.5 Å². The van der Waals surface area contributed by atoms with Crippen molar-refractivity contribution >= 4 is 11.6 Å². The molecule has 1 heterocycles. The summed E-state index contributed by atoms with van der Waals surface area (Å²) >= 11 is 0. The van der Waals surface area contributed by atoms with E-state index in [1.807, 2.05) is 43.3 Å². The summed E-state index contributed by atoms with van der Waals surface area (Å²) in [5, 5.41) is 3.02. The van der Waals surface area contributed by atoms with Crippen LogP contribution in [0.5, 0.6) is 0 Å². The van der Waals surface area contributed by atoms with E-state index >= 15 is 0 Å². The van der Waals surface area contributed by atoms with Crippen LogP contribution in [0.25, 0.3) is 0 Å². The Morgan fingerprint density at radius 2 is 1.78 bits per heavy atom. The molecule has 1 saturated heterocycles. The zero-order valence-corrected chi connectivity index (χ0v) is 13.4. The number of carbonyl (C=O) groups is 1. The van der Waals surface area contributed by atoms with E-state index in [1.165, 1.54) is 5.69 Å². The fourth-order valence-electron chi connectivity index (χ4n) is 2.76. The van der Waals surface area contributed by atoms with Crippen molar-refractivity contribution in [2.24, 2.45) is 0 Å². The number of nitrogens with one attached hydrogen (secondary N) is 1. The van der Waals surface area contributed by atoms with Crippen molar-refractivity contribution in [1.29, 1.82) is 0 Å². The van der Waals surface area contributed by atoms with Crippen molar-refractivity contribution in [3.63, 3.8) is 0 Å². The number of benzene rings is 2. The molecule has 0 spiro atoms. The molecular weight excluding hydrogens is 288 g/mol. The van der Waals surface area contributed by atoms with Crippen LogP contribution >= 0.6 is 0 Å². The minimum Gasteiger partial charge on any atom is -0.378 e. The number of amides is 1. The average molecular weight is 310 g/mol. The van der Waals surface area contributed by atoms with Crippen LogP contribution in [0.3, 0.4) is 0 Å². The topological polar surface area (TPSA) is 41.6 Å².